The highest BCUT2D eigenvalue weighted by atomic mass is 79.9. The van der Waals surface area contributed by atoms with E-state index in [4.69, 9.17) is 4.74 Å². The fourth-order valence-electron chi connectivity index (χ4n) is 0.741. The zero-order valence-electron chi connectivity index (χ0n) is 6.85. The van der Waals surface area contributed by atoms with Crippen molar-refractivity contribution < 1.29 is 4.74 Å². The van der Waals surface area contributed by atoms with Crippen molar-refractivity contribution in [3.05, 3.63) is 37.9 Å². The molecule has 70 valence electrons. The van der Waals surface area contributed by atoms with Crippen molar-refractivity contribution in [1.29, 1.82) is 0 Å². The predicted molar refractivity (Wildman–Crippen MR) is 65.0 cm³/mol. The van der Waals surface area contributed by atoms with Crippen LogP contribution in [0, 0.1) is 0 Å². The largest absolute Gasteiger partial charge is 0.464 e. The van der Waals surface area contributed by atoms with Crippen molar-refractivity contribution in [2.75, 3.05) is 0 Å². The summed E-state index contributed by atoms with van der Waals surface area (Å²) in [6.45, 7) is 1.90. The maximum atomic E-state index is 5.34. The van der Waals surface area contributed by atoms with Gasteiger partial charge in [0.05, 0.1) is 10.7 Å². The van der Waals surface area contributed by atoms with Gasteiger partial charge in [-0.15, -0.1) is 0 Å². The molecule has 0 N–H and O–H groups in total. The zero-order valence-corrected chi connectivity index (χ0v) is 11.6. The summed E-state index contributed by atoms with van der Waals surface area (Å²) in [7, 11) is 0. The quantitative estimate of drug-likeness (QED) is 0.532. The molecule has 0 aliphatic heterocycles. The SMILES string of the molecule is CC=COc1ccc(Br)c(Br)c1Br. The average Bonchev–Trinajstić information content (AvgIpc) is 2.13. The lowest BCUT2D eigenvalue weighted by molar-refractivity contribution is 0.477. The molecule has 0 heterocycles. The Kier molecular flexibility index (Phi) is 4.49. The maximum absolute atomic E-state index is 5.34. The molecule has 13 heavy (non-hydrogen) atoms. The van der Waals surface area contributed by atoms with Gasteiger partial charge in [-0.3, -0.25) is 0 Å². The van der Waals surface area contributed by atoms with Gasteiger partial charge in [0.25, 0.3) is 0 Å². The van der Waals surface area contributed by atoms with E-state index in [9.17, 15) is 0 Å². The van der Waals surface area contributed by atoms with Crippen LogP contribution >= 0.6 is 47.8 Å². The number of allylic oxidation sites excluding steroid dienone is 1. The summed E-state index contributed by atoms with van der Waals surface area (Å²) in [6.07, 6.45) is 3.48. The van der Waals surface area contributed by atoms with E-state index in [1.165, 1.54) is 0 Å². The Bertz CT molecular complexity index is 334. The molecule has 0 spiro atoms. The van der Waals surface area contributed by atoms with E-state index in [1.54, 1.807) is 6.26 Å². The monoisotopic (exact) mass is 368 g/mol. The molecule has 1 rings (SSSR count). The molecule has 1 aromatic carbocycles. The number of hydrogen-bond donors (Lipinski definition) is 0. The molecule has 0 saturated carbocycles. The first-order chi connectivity index (χ1) is 6.16. The van der Waals surface area contributed by atoms with Crippen LogP contribution in [0.15, 0.2) is 37.9 Å². The van der Waals surface area contributed by atoms with Crippen molar-refractivity contribution >= 4 is 47.8 Å². The Labute approximate surface area is 103 Å². The van der Waals surface area contributed by atoms with E-state index in [2.05, 4.69) is 47.8 Å². The Morgan fingerprint density at radius 2 is 1.85 bits per heavy atom. The van der Waals surface area contributed by atoms with Crippen LogP contribution in [0.2, 0.25) is 0 Å². The van der Waals surface area contributed by atoms with Crippen LogP contribution in [0.25, 0.3) is 0 Å². The summed E-state index contributed by atoms with van der Waals surface area (Å²) >= 11 is 10.2. The summed E-state index contributed by atoms with van der Waals surface area (Å²) in [5, 5.41) is 0. The van der Waals surface area contributed by atoms with Gasteiger partial charge in [-0.25, -0.2) is 0 Å². The van der Waals surface area contributed by atoms with E-state index in [0.29, 0.717) is 0 Å². The minimum atomic E-state index is 0.785. The number of ether oxygens (including phenoxy) is 1. The Hall–Kier alpha value is 0.200. The molecular formula is C9H7Br3O. The minimum Gasteiger partial charge on any atom is -0.464 e. The van der Waals surface area contributed by atoms with Gasteiger partial charge in [0, 0.05) is 8.95 Å². The second kappa shape index (κ2) is 5.17. The lowest BCUT2D eigenvalue weighted by atomic mass is 10.3. The zero-order chi connectivity index (χ0) is 9.84. The fourth-order valence-corrected chi connectivity index (χ4v) is 2.10. The van der Waals surface area contributed by atoms with E-state index >= 15 is 0 Å². The van der Waals surface area contributed by atoms with E-state index in [1.807, 2.05) is 25.1 Å². The van der Waals surface area contributed by atoms with Crippen LogP contribution in [-0.4, -0.2) is 0 Å². The molecule has 1 nitrogen and oxygen atoms in total. The topological polar surface area (TPSA) is 9.23 Å². The van der Waals surface area contributed by atoms with Gasteiger partial charge in [0.2, 0.25) is 0 Å². The van der Waals surface area contributed by atoms with Crippen LogP contribution in [-0.2, 0) is 0 Å². The maximum Gasteiger partial charge on any atom is 0.141 e. The summed E-state index contributed by atoms with van der Waals surface area (Å²) in [4.78, 5) is 0. The van der Waals surface area contributed by atoms with Crippen molar-refractivity contribution in [1.82, 2.24) is 0 Å². The molecule has 0 aromatic heterocycles. The third-order valence-corrected chi connectivity index (χ3v) is 4.67. The molecule has 0 aliphatic carbocycles. The third-order valence-electron chi connectivity index (χ3n) is 1.33. The third kappa shape index (κ3) is 2.82. The van der Waals surface area contributed by atoms with Crippen molar-refractivity contribution in [2.24, 2.45) is 0 Å². The highest BCUT2D eigenvalue weighted by molar-refractivity contribution is 9.14. The Morgan fingerprint density at radius 3 is 2.46 bits per heavy atom. The fraction of sp³-hybridized carbons (Fsp3) is 0.111. The van der Waals surface area contributed by atoms with Gasteiger partial charge in [-0.1, -0.05) is 6.08 Å². The van der Waals surface area contributed by atoms with Crippen molar-refractivity contribution in [3.8, 4) is 5.75 Å². The number of halogens is 3. The molecule has 0 bridgehead atoms. The minimum absolute atomic E-state index is 0.785. The first-order valence-corrected chi connectivity index (χ1v) is 5.96. The molecule has 0 fully saturated rings. The molecule has 0 aliphatic rings. The summed E-state index contributed by atoms with van der Waals surface area (Å²) in [5.74, 6) is 0.785. The first kappa shape index (κ1) is 11.3. The van der Waals surface area contributed by atoms with Crippen LogP contribution < -0.4 is 4.74 Å². The average molecular weight is 371 g/mol. The van der Waals surface area contributed by atoms with E-state index < -0.39 is 0 Å². The molecule has 0 radical (unpaired) electrons. The van der Waals surface area contributed by atoms with E-state index in [0.717, 1.165) is 19.2 Å². The summed E-state index contributed by atoms with van der Waals surface area (Å²) in [5.41, 5.74) is 0. The molecule has 1 aromatic rings. The van der Waals surface area contributed by atoms with Gasteiger partial charge < -0.3 is 4.74 Å². The highest BCUT2D eigenvalue weighted by Gasteiger charge is 2.07. The van der Waals surface area contributed by atoms with Crippen LogP contribution in [0.5, 0.6) is 5.75 Å². The molecule has 0 unspecified atom stereocenters. The number of benzene rings is 1. The van der Waals surface area contributed by atoms with Gasteiger partial charge in [-0.05, 0) is 66.8 Å². The van der Waals surface area contributed by atoms with Crippen molar-refractivity contribution in [2.45, 2.75) is 6.92 Å². The second-order valence-electron chi connectivity index (χ2n) is 2.26. The smallest absolute Gasteiger partial charge is 0.141 e. The standard InChI is InChI=1S/C9H7Br3O/c1-2-5-13-7-4-3-6(10)8(11)9(7)12/h2-5H,1H3. The normalized spacial score (nSPS) is 10.8. The van der Waals surface area contributed by atoms with Gasteiger partial charge in [-0.2, -0.15) is 0 Å². The Morgan fingerprint density at radius 1 is 1.15 bits per heavy atom. The number of hydrogen-bond acceptors (Lipinski definition) is 1. The van der Waals surface area contributed by atoms with Crippen molar-refractivity contribution in [3.63, 3.8) is 0 Å². The predicted octanol–water partition coefficient (Wildman–Crippen LogP) is 4.89. The highest BCUT2D eigenvalue weighted by Crippen LogP contribution is 2.37. The summed E-state index contributed by atoms with van der Waals surface area (Å²) < 4.78 is 8.19. The van der Waals surface area contributed by atoms with Gasteiger partial charge in [0.1, 0.15) is 5.75 Å². The summed E-state index contributed by atoms with van der Waals surface area (Å²) in [6, 6.07) is 3.81. The first-order valence-electron chi connectivity index (χ1n) is 3.58. The van der Waals surface area contributed by atoms with Crippen LogP contribution in [0.1, 0.15) is 6.92 Å². The lowest BCUT2D eigenvalue weighted by Crippen LogP contribution is -1.84. The molecular weight excluding hydrogens is 364 g/mol. The van der Waals surface area contributed by atoms with E-state index in [-0.39, 0.29) is 0 Å². The van der Waals surface area contributed by atoms with Gasteiger partial charge in [0.15, 0.2) is 0 Å². The second-order valence-corrected chi connectivity index (χ2v) is 4.70. The van der Waals surface area contributed by atoms with Gasteiger partial charge >= 0.3 is 0 Å². The van der Waals surface area contributed by atoms with Crippen LogP contribution in [0.4, 0.5) is 0 Å². The number of rotatable bonds is 2. The molecule has 4 heteroatoms. The molecule has 0 saturated heterocycles. The van der Waals surface area contributed by atoms with Crippen LogP contribution in [0.3, 0.4) is 0 Å². The molecule has 0 atom stereocenters. The lowest BCUT2D eigenvalue weighted by Gasteiger charge is -2.05. The molecule has 0 amide bonds. The Balaban J connectivity index is 3.03.